The Labute approximate surface area is 892 Å². The summed E-state index contributed by atoms with van der Waals surface area (Å²) in [6.45, 7) is 6.34. The Morgan fingerprint density at radius 2 is 0.646 bits per heavy atom. The predicted molar refractivity (Wildman–Crippen MR) is 588 cm³/mol. The number of hydrogen-bond donors (Lipinski definition) is 0. The van der Waals surface area contributed by atoms with Gasteiger partial charge in [0.15, 0.2) is 0 Å². The Hall–Kier alpha value is -16.5. The minimum atomic E-state index is 0. The molecule has 30 rings (SSSR count). The van der Waals surface area contributed by atoms with Gasteiger partial charge in [-0.2, -0.15) is 38.2 Å². The largest absolute Gasteiger partial charge is 0.504 e. The van der Waals surface area contributed by atoms with E-state index in [4.69, 9.17) is 24.9 Å². The molecular formula is C127H86N17Pt3-9. The monoisotopic (exact) mass is 2430 g/mol. The van der Waals surface area contributed by atoms with Crippen LogP contribution in [-0.2, 0) is 90.8 Å². The summed E-state index contributed by atoms with van der Waals surface area (Å²) in [5.41, 5.74) is 37.4. The Balaban J connectivity index is 0.000000114. The first kappa shape index (κ1) is 91.6. The van der Waals surface area contributed by atoms with Crippen molar-refractivity contribution in [3.05, 3.63) is 450 Å². The third-order valence-corrected chi connectivity index (χ3v) is 29.1. The first-order chi connectivity index (χ1) is 70.8. The van der Waals surface area contributed by atoms with Gasteiger partial charge in [-0.3, -0.25) is 15.0 Å². The second-order valence-corrected chi connectivity index (χ2v) is 37.5. The average molecular weight is 2440 g/mol. The number of fused-ring (bicyclic) bond motifs is 21. The first-order valence-corrected chi connectivity index (χ1v) is 48.4. The van der Waals surface area contributed by atoms with Gasteiger partial charge >= 0.3 is 0 Å². The van der Waals surface area contributed by atoms with E-state index in [1.165, 1.54) is 71.4 Å². The third-order valence-electron chi connectivity index (χ3n) is 29.1. The maximum absolute atomic E-state index is 5.17. The number of pyridine rings is 2. The van der Waals surface area contributed by atoms with Gasteiger partial charge in [0.25, 0.3) is 0 Å². The molecule has 0 saturated heterocycles. The van der Waals surface area contributed by atoms with Gasteiger partial charge in [-0.1, -0.05) is 209 Å². The van der Waals surface area contributed by atoms with Crippen LogP contribution in [0.5, 0.6) is 0 Å². The second-order valence-electron chi connectivity index (χ2n) is 37.5. The molecule has 0 unspecified atom stereocenters. The van der Waals surface area contributed by atoms with E-state index < -0.39 is 0 Å². The minimum Gasteiger partial charge on any atom is -0.504 e. The molecule has 0 radical (unpaired) electrons. The molecule has 8 aromatic heterocycles. The molecule has 0 bridgehead atoms. The third kappa shape index (κ3) is 15.2. The summed E-state index contributed by atoms with van der Waals surface area (Å²) in [5, 5.41) is 11.7. The van der Waals surface area contributed by atoms with Crippen LogP contribution in [0.4, 0.5) is 51.2 Å². The fourth-order valence-electron chi connectivity index (χ4n) is 22.2. The van der Waals surface area contributed by atoms with Crippen molar-refractivity contribution in [3.8, 4) is 84.6 Å². The van der Waals surface area contributed by atoms with E-state index in [0.29, 0.717) is 0 Å². The molecule has 718 valence electrons. The topological polar surface area (TPSA) is 113 Å². The van der Waals surface area contributed by atoms with Crippen LogP contribution < -0.4 is 29.4 Å². The molecular weight excluding hydrogens is 2350 g/mol. The quantitative estimate of drug-likeness (QED) is 0.115. The molecule has 0 saturated carbocycles. The van der Waals surface area contributed by atoms with Crippen LogP contribution in [0.1, 0.15) is 11.1 Å². The molecule has 4 aliphatic rings. The molecule has 0 spiro atoms. The van der Waals surface area contributed by atoms with Crippen molar-refractivity contribution in [2.75, 3.05) is 50.5 Å². The summed E-state index contributed by atoms with van der Waals surface area (Å²) in [6, 6.07) is 153. The summed E-state index contributed by atoms with van der Waals surface area (Å²) in [7, 11) is 12.5. The zero-order chi connectivity index (χ0) is 95.8. The number of imidazole rings is 3. The summed E-state index contributed by atoms with van der Waals surface area (Å²) >= 11 is 0. The molecule has 11 heterocycles. The number of benzene rings is 18. The van der Waals surface area contributed by atoms with Gasteiger partial charge in [-0.15, -0.1) is 143 Å². The molecule has 18 aromatic carbocycles. The van der Waals surface area contributed by atoms with E-state index in [9.17, 15) is 0 Å². The number of hydrogen-bond acceptors (Lipinski definition) is 11. The van der Waals surface area contributed by atoms with Crippen molar-refractivity contribution in [2.45, 2.75) is 6.42 Å². The van der Waals surface area contributed by atoms with Crippen LogP contribution in [0.2, 0.25) is 0 Å². The van der Waals surface area contributed by atoms with E-state index in [-0.39, 0.29) is 63.2 Å². The zero-order valence-corrected chi connectivity index (χ0v) is 87.2. The molecule has 0 fully saturated rings. The second kappa shape index (κ2) is 36.6. The van der Waals surface area contributed by atoms with Gasteiger partial charge in [-0.05, 0) is 229 Å². The summed E-state index contributed by atoms with van der Waals surface area (Å²) in [6.07, 6.45) is 4.65. The predicted octanol–water partition coefficient (Wildman–Crippen LogP) is 28.9. The number of nitrogens with zero attached hydrogens (tertiary/aromatic N) is 17. The molecule has 20 heteroatoms. The van der Waals surface area contributed by atoms with Crippen molar-refractivity contribution < 1.29 is 63.2 Å². The molecule has 0 atom stereocenters. The molecule has 0 N–H and O–H groups in total. The Morgan fingerprint density at radius 3 is 1.16 bits per heavy atom. The van der Waals surface area contributed by atoms with E-state index in [0.717, 1.165) is 202 Å². The maximum atomic E-state index is 5.17. The molecule has 17 nitrogen and oxygen atoms in total. The van der Waals surface area contributed by atoms with Crippen molar-refractivity contribution in [2.24, 2.45) is 21.1 Å². The summed E-state index contributed by atoms with van der Waals surface area (Å²) in [4.78, 5) is 38.0. The van der Waals surface area contributed by atoms with Crippen molar-refractivity contribution in [1.29, 1.82) is 0 Å². The van der Waals surface area contributed by atoms with Crippen LogP contribution in [0.3, 0.4) is 0 Å². The number of aromatic nitrogens is 11. The molecule has 147 heavy (non-hydrogen) atoms. The maximum Gasteiger partial charge on any atom is 0.132 e. The van der Waals surface area contributed by atoms with Crippen LogP contribution in [0.15, 0.2) is 382 Å². The fraction of sp³-hybridized carbons (Fsp3) is 0.0551. The van der Waals surface area contributed by atoms with Crippen molar-refractivity contribution in [3.63, 3.8) is 0 Å². The smallest absolute Gasteiger partial charge is 0.132 e. The number of rotatable bonds is 11. The molecule has 1 aliphatic carbocycles. The van der Waals surface area contributed by atoms with Crippen LogP contribution in [-0.4, -0.2) is 73.5 Å². The van der Waals surface area contributed by atoms with Gasteiger partial charge in [0, 0.05) is 136 Å². The van der Waals surface area contributed by atoms with Gasteiger partial charge in [0.1, 0.15) is 11.3 Å². The summed E-state index contributed by atoms with van der Waals surface area (Å²) < 4.78 is 13.2. The van der Waals surface area contributed by atoms with Crippen LogP contribution in [0, 0.1) is 56.4 Å². The van der Waals surface area contributed by atoms with Crippen molar-refractivity contribution in [1.82, 2.24) is 52.3 Å². The SMILES string of the molecule is CN1[CH-]N(c2[c-]c(-n3c4[c-]c(-c5nc6cc(-c7ccc8ccccc8c7)ccc6n5C)ccc4c4cccnc43)ccc2)c2ccccc21.CN1[CH-]N(c2[c-]c(-n3c4[c-]c(-c5nc6ccc(-c7ccc8ccccc8c7)cc6n5C)ccc4c4cccnc43)ccc2)c2ccccc21.CN1[CH-]N(c2[c-]c(-n3c4[c-]c(-c5nc6ccccc6n5C)ccc4c4c5c(ccc43)Cc3ccccc3-5)ccc2)c2ccccc21.[Pt].[Pt].[Pt]. The van der Waals surface area contributed by atoms with Crippen molar-refractivity contribution >= 4 is 172 Å². The minimum absolute atomic E-state index is 0. The van der Waals surface area contributed by atoms with E-state index >= 15 is 0 Å². The average Bonchev–Trinajstić information content (AvgIpc) is 1.55. The van der Waals surface area contributed by atoms with Gasteiger partial charge in [0.2, 0.25) is 0 Å². The fourth-order valence-corrected chi connectivity index (χ4v) is 22.2. The number of para-hydroxylation sites is 8. The molecule has 3 aliphatic heterocycles. The van der Waals surface area contributed by atoms with E-state index in [2.05, 4.69) is 507 Å². The number of aryl methyl sites for hydroxylation is 3. The van der Waals surface area contributed by atoms with Gasteiger partial charge in [-0.25, -0.2) is 9.97 Å². The molecule has 0 amide bonds. The van der Waals surface area contributed by atoms with E-state index in [1.54, 1.807) is 0 Å². The Morgan fingerprint density at radius 1 is 0.259 bits per heavy atom. The molecule has 26 aromatic rings. The van der Waals surface area contributed by atoms with Gasteiger partial charge < -0.3 is 56.8 Å². The summed E-state index contributed by atoms with van der Waals surface area (Å²) in [5.74, 6) is 2.63. The standard InChI is InChI=1S/2C43H29N6.C41H28N5.3Pt/c1-46-27-48(40-15-6-5-14-39(40)46)33-11-7-12-34(26-33)49-41-25-32(18-20-35(41)36-13-8-22-44-43(36)49)42-45-37-24-31(19-21-38(37)47(42)2)30-17-16-28-9-3-4-10-29(28)23-30;1-46-27-48(39-15-6-5-14-38(39)46)33-11-7-12-34(26-33)49-40-25-32(18-20-35(40)36-13-8-22-44-43(36)49)42-45-37-21-19-31(24-41(37)47(42)2)30-17-16-28-9-3-4-10-29(28)23-30;1-43-25-45(36-17-8-7-16-35(36)43)29-11-9-12-30(24-29)46-37-21-19-27-22-26-10-3-4-13-31(26)39(27)40(37)32-20-18-28(23-38(32)46)41-42-33-14-5-6-15-34(33)44(41)2;;;/h2*3-24,27H,1-2H3;3-21,25H,22H2,1-2H3;;;/q3*-3;;;. The zero-order valence-electron chi connectivity index (χ0n) is 80.4. The normalized spacial score (nSPS) is 12.9. The van der Waals surface area contributed by atoms with E-state index in [1.807, 2.05) is 30.6 Å². The Kier molecular flexibility index (Phi) is 22.8. The number of anilines is 9. The van der Waals surface area contributed by atoms with Gasteiger partial charge in [0.05, 0.1) is 50.6 Å². The van der Waals surface area contributed by atoms with Crippen LogP contribution in [0.25, 0.3) is 205 Å². The van der Waals surface area contributed by atoms with Crippen LogP contribution >= 0.6 is 0 Å². The Bertz CT molecular complexity index is 9610. The first-order valence-electron chi connectivity index (χ1n) is 48.4.